The molecular weight excluding hydrogens is 304 g/mol. The van der Waals surface area contributed by atoms with Gasteiger partial charge in [0, 0.05) is 18.6 Å². The Hall–Kier alpha value is -1.88. The Bertz CT molecular complexity index is 509. The molecule has 0 aliphatic carbocycles. The standard InChI is InChI=1S/C19H30N2O3/c1-15(18(23)21-19(2,3)4)20-17(22)11-8-13-24-14-12-16-9-6-5-7-10-16/h5-7,9-10,15H,8,11-14H2,1-4H3,(H,20,22)(H,21,23). The van der Waals surface area contributed by atoms with Crippen LogP contribution in [-0.2, 0) is 20.7 Å². The fourth-order valence-electron chi connectivity index (χ4n) is 2.13. The molecule has 0 spiro atoms. The number of hydrogen-bond donors (Lipinski definition) is 2. The summed E-state index contributed by atoms with van der Waals surface area (Å²) in [4.78, 5) is 23.7. The van der Waals surface area contributed by atoms with Crippen molar-refractivity contribution in [2.45, 2.75) is 58.5 Å². The molecular formula is C19H30N2O3. The predicted octanol–water partition coefficient (Wildman–Crippen LogP) is 2.45. The Balaban J connectivity index is 2.10. The number of benzene rings is 1. The van der Waals surface area contributed by atoms with E-state index in [2.05, 4.69) is 22.8 Å². The average Bonchev–Trinajstić information content (AvgIpc) is 2.50. The Morgan fingerprint density at radius 3 is 2.42 bits per heavy atom. The zero-order valence-corrected chi connectivity index (χ0v) is 15.2. The van der Waals surface area contributed by atoms with Crippen molar-refractivity contribution in [2.24, 2.45) is 0 Å². The number of nitrogens with one attached hydrogen (secondary N) is 2. The molecule has 0 heterocycles. The molecule has 0 saturated carbocycles. The predicted molar refractivity (Wildman–Crippen MR) is 95.7 cm³/mol. The summed E-state index contributed by atoms with van der Waals surface area (Å²) in [5.41, 5.74) is 0.941. The van der Waals surface area contributed by atoms with E-state index in [1.165, 1.54) is 5.56 Å². The molecule has 0 aliphatic heterocycles. The molecule has 5 nitrogen and oxygen atoms in total. The van der Waals surface area contributed by atoms with E-state index < -0.39 is 6.04 Å². The molecule has 1 atom stereocenters. The SMILES string of the molecule is CC(NC(=O)CCCOCCc1ccccc1)C(=O)NC(C)(C)C. The Kier molecular flexibility index (Phi) is 8.47. The van der Waals surface area contributed by atoms with E-state index in [1.807, 2.05) is 39.0 Å². The van der Waals surface area contributed by atoms with E-state index in [1.54, 1.807) is 6.92 Å². The van der Waals surface area contributed by atoms with E-state index in [0.717, 1.165) is 6.42 Å². The van der Waals surface area contributed by atoms with Crippen molar-refractivity contribution in [3.63, 3.8) is 0 Å². The molecule has 2 N–H and O–H groups in total. The molecule has 0 radical (unpaired) electrons. The summed E-state index contributed by atoms with van der Waals surface area (Å²) < 4.78 is 5.55. The summed E-state index contributed by atoms with van der Waals surface area (Å²) in [5, 5.41) is 5.56. The van der Waals surface area contributed by atoms with Crippen molar-refractivity contribution in [1.29, 1.82) is 0 Å². The van der Waals surface area contributed by atoms with Crippen LogP contribution < -0.4 is 10.6 Å². The maximum Gasteiger partial charge on any atom is 0.242 e. The molecule has 1 aromatic rings. The Morgan fingerprint density at radius 2 is 1.79 bits per heavy atom. The molecule has 5 heteroatoms. The first-order valence-electron chi connectivity index (χ1n) is 8.51. The van der Waals surface area contributed by atoms with E-state index in [-0.39, 0.29) is 17.4 Å². The highest BCUT2D eigenvalue weighted by molar-refractivity contribution is 5.87. The first-order chi connectivity index (χ1) is 11.3. The molecule has 1 unspecified atom stereocenters. The molecule has 2 amide bonds. The smallest absolute Gasteiger partial charge is 0.242 e. The number of hydrogen-bond acceptors (Lipinski definition) is 3. The quantitative estimate of drug-likeness (QED) is 0.682. The van der Waals surface area contributed by atoms with Crippen molar-refractivity contribution in [3.8, 4) is 0 Å². The first kappa shape index (κ1) is 20.2. The van der Waals surface area contributed by atoms with Gasteiger partial charge in [0.05, 0.1) is 6.61 Å². The van der Waals surface area contributed by atoms with Gasteiger partial charge in [0.1, 0.15) is 6.04 Å². The summed E-state index contributed by atoms with van der Waals surface area (Å²) in [5.74, 6) is -0.298. The second-order valence-electron chi connectivity index (χ2n) is 6.98. The first-order valence-corrected chi connectivity index (χ1v) is 8.51. The van der Waals surface area contributed by atoms with Gasteiger partial charge in [-0.1, -0.05) is 30.3 Å². The lowest BCUT2D eigenvalue weighted by Crippen LogP contribution is -2.50. The minimum atomic E-state index is -0.532. The van der Waals surface area contributed by atoms with Crippen LogP contribution in [-0.4, -0.2) is 36.6 Å². The molecule has 24 heavy (non-hydrogen) atoms. The highest BCUT2D eigenvalue weighted by Gasteiger charge is 2.20. The average molecular weight is 334 g/mol. The third kappa shape index (κ3) is 9.30. The molecule has 134 valence electrons. The van der Waals surface area contributed by atoms with E-state index in [4.69, 9.17) is 4.74 Å². The van der Waals surface area contributed by atoms with Crippen molar-refractivity contribution in [1.82, 2.24) is 10.6 Å². The van der Waals surface area contributed by atoms with E-state index in [0.29, 0.717) is 26.1 Å². The number of rotatable bonds is 9. The second kappa shape index (κ2) is 10.1. The van der Waals surface area contributed by atoms with Gasteiger partial charge in [0.2, 0.25) is 11.8 Å². The third-order valence-electron chi connectivity index (χ3n) is 3.34. The molecule has 0 saturated heterocycles. The molecule has 0 aliphatic rings. The highest BCUT2D eigenvalue weighted by atomic mass is 16.5. The number of amides is 2. The van der Waals surface area contributed by atoms with E-state index in [9.17, 15) is 9.59 Å². The number of carbonyl (C=O) groups is 2. The van der Waals surface area contributed by atoms with Crippen molar-refractivity contribution in [2.75, 3.05) is 13.2 Å². The lowest BCUT2D eigenvalue weighted by Gasteiger charge is -2.23. The minimum Gasteiger partial charge on any atom is -0.381 e. The van der Waals surface area contributed by atoms with Crippen LogP contribution in [0.15, 0.2) is 30.3 Å². The third-order valence-corrected chi connectivity index (χ3v) is 3.34. The van der Waals surface area contributed by atoms with Gasteiger partial charge in [-0.15, -0.1) is 0 Å². The van der Waals surface area contributed by atoms with Gasteiger partial charge in [-0.3, -0.25) is 9.59 Å². The monoisotopic (exact) mass is 334 g/mol. The highest BCUT2D eigenvalue weighted by Crippen LogP contribution is 2.01. The lowest BCUT2D eigenvalue weighted by atomic mass is 10.1. The lowest BCUT2D eigenvalue weighted by molar-refractivity contribution is -0.129. The minimum absolute atomic E-state index is 0.127. The van der Waals surface area contributed by atoms with Gasteiger partial charge < -0.3 is 15.4 Å². The summed E-state index contributed by atoms with van der Waals surface area (Å²) in [6.45, 7) is 8.61. The van der Waals surface area contributed by atoms with Gasteiger partial charge in [-0.2, -0.15) is 0 Å². The molecule has 0 bridgehead atoms. The molecule has 1 aromatic carbocycles. The van der Waals surface area contributed by atoms with Crippen molar-refractivity contribution < 1.29 is 14.3 Å². The molecule has 0 aromatic heterocycles. The summed E-state index contributed by atoms with van der Waals surface area (Å²) in [7, 11) is 0. The van der Waals surface area contributed by atoms with Crippen LogP contribution in [0, 0.1) is 0 Å². The maximum atomic E-state index is 11.9. The van der Waals surface area contributed by atoms with Crippen LogP contribution in [0.2, 0.25) is 0 Å². The second-order valence-corrected chi connectivity index (χ2v) is 6.98. The topological polar surface area (TPSA) is 67.4 Å². The Morgan fingerprint density at radius 1 is 1.12 bits per heavy atom. The van der Waals surface area contributed by atoms with Gasteiger partial charge in [0.25, 0.3) is 0 Å². The number of ether oxygens (including phenoxy) is 1. The fourth-order valence-corrected chi connectivity index (χ4v) is 2.13. The zero-order valence-electron chi connectivity index (χ0n) is 15.2. The molecule has 0 fully saturated rings. The van der Waals surface area contributed by atoms with Gasteiger partial charge in [0.15, 0.2) is 0 Å². The van der Waals surface area contributed by atoms with Crippen LogP contribution in [0.4, 0.5) is 0 Å². The van der Waals surface area contributed by atoms with Gasteiger partial charge in [-0.05, 0) is 46.1 Å². The largest absolute Gasteiger partial charge is 0.381 e. The van der Waals surface area contributed by atoms with Crippen LogP contribution in [0.25, 0.3) is 0 Å². The maximum absolute atomic E-state index is 11.9. The van der Waals surface area contributed by atoms with Crippen LogP contribution >= 0.6 is 0 Å². The zero-order chi connectivity index (χ0) is 18.0. The van der Waals surface area contributed by atoms with Gasteiger partial charge >= 0.3 is 0 Å². The van der Waals surface area contributed by atoms with Crippen molar-refractivity contribution in [3.05, 3.63) is 35.9 Å². The fraction of sp³-hybridized carbons (Fsp3) is 0.579. The van der Waals surface area contributed by atoms with Crippen molar-refractivity contribution >= 4 is 11.8 Å². The normalized spacial score (nSPS) is 12.5. The van der Waals surface area contributed by atoms with Crippen LogP contribution in [0.1, 0.15) is 46.1 Å². The summed E-state index contributed by atoms with van der Waals surface area (Å²) in [6, 6.07) is 9.62. The Labute approximate surface area is 145 Å². The van der Waals surface area contributed by atoms with Crippen LogP contribution in [0.3, 0.4) is 0 Å². The molecule has 1 rings (SSSR count). The summed E-state index contributed by atoms with van der Waals surface area (Å²) >= 11 is 0. The number of carbonyl (C=O) groups excluding carboxylic acids is 2. The summed E-state index contributed by atoms with van der Waals surface area (Å²) in [6.07, 6.45) is 1.88. The van der Waals surface area contributed by atoms with Gasteiger partial charge in [-0.25, -0.2) is 0 Å². The van der Waals surface area contributed by atoms with Crippen LogP contribution in [0.5, 0.6) is 0 Å². The van der Waals surface area contributed by atoms with E-state index >= 15 is 0 Å².